The van der Waals surface area contributed by atoms with Crippen molar-refractivity contribution in [2.45, 2.75) is 31.3 Å². The Balaban J connectivity index is 1.29. The van der Waals surface area contributed by atoms with Gasteiger partial charge in [-0.2, -0.15) is 0 Å². The SMILES string of the molecule is CC(OC(=O)Nc1cnoc1-c1ccc(-c2ccc(C3(C(=O)O)CC3)cc2)c2ncncc12)c1ccccc1. The molecule has 0 spiro atoms. The van der Waals surface area contributed by atoms with Gasteiger partial charge in [0.15, 0.2) is 5.76 Å². The molecule has 5 aromatic rings. The topological polar surface area (TPSA) is 127 Å². The van der Waals surface area contributed by atoms with Crippen molar-refractivity contribution in [2.24, 2.45) is 0 Å². The minimum atomic E-state index is -0.785. The van der Waals surface area contributed by atoms with E-state index in [1.54, 1.807) is 13.1 Å². The first-order valence-electron chi connectivity index (χ1n) is 12.5. The summed E-state index contributed by atoms with van der Waals surface area (Å²) in [6, 6.07) is 20.8. The Morgan fingerprint density at radius 1 is 1.00 bits per heavy atom. The van der Waals surface area contributed by atoms with Crippen LogP contribution >= 0.6 is 0 Å². The highest BCUT2D eigenvalue weighted by molar-refractivity contribution is 6.04. The number of anilines is 1. The van der Waals surface area contributed by atoms with Gasteiger partial charge in [-0.15, -0.1) is 0 Å². The van der Waals surface area contributed by atoms with E-state index >= 15 is 0 Å². The van der Waals surface area contributed by atoms with Crippen LogP contribution in [0.5, 0.6) is 0 Å². The van der Waals surface area contributed by atoms with Crippen molar-refractivity contribution in [2.75, 3.05) is 5.32 Å². The van der Waals surface area contributed by atoms with E-state index in [0.717, 1.165) is 22.3 Å². The van der Waals surface area contributed by atoms with E-state index in [1.165, 1.54) is 12.5 Å². The van der Waals surface area contributed by atoms with Gasteiger partial charge in [0.25, 0.3) is 0 Å². The lowest BCUT2D eigenvalue weighted by Crippen LogP contribution is -2.19. The lowest BCUT2D eigenvalue weighted by atomic mass is 9.92. The molecule has 1 atom stereocenters. The molecule has 1 aliphatic rings. The van der Waals surface area contributed by atoms with E-state index in [9.17, 15) is 14.7 Å². The molecule has 2 heterocycles. The number of ether oxygens (including phenoxy) is 1. The minimum Gasteiger partial charge on any atom is -0.481 e. The number of nitrogens with zero attached hydrogens (tertiary/aromatic N) is 3. The molecule has 1 amide bonds. The molecular weight excluding hydrogens is 496 g/mol. The molecule has 0 bridgehead atoms. The predicted octanol–water partition coefficient (Wildman–Crippen LogP) is 6.38. The van der Waals surface area contributed by atoms with Gasteiger partial charge in [-0.25, -0.2) is 14.8 Å². The third kappa shape index (κ3) is 4.48. The predicted molar refractivity (Wildman–Crippen MR) is 144 cm³/mol. The molecule has 2 aromatic heterocycles. The average Bonchev–Trinajstić information content (AvgIpc) is 3.66. The summed E-state index contributed by atoms with van der Waals surface area (Å²) >= 11 is 0. The second-order valence-corrected chi connectivity index (χ2v) is 9.56. The first kappa shape index (κ1) is 24.3. The van der Waals surface area contributed by atoms with E-state index < -0.39 is 23.6 Å². The van der Waals surface area contributed by atoms with Gasteiger partial charge in [-0.3, -0.25) is 10.1 Å². The van der Waals surface area contributed by atoms with Gasteiger partial charge in [0.1, 0.15) is 18.1 Å². The zero-order chi connectivity index (χ0) is 27.0. The number of fused-ring (bicyclic) bond motifs is 1. The number of aromatic nitrogens is 3. The van der Waals surface area contributed by atoms with Gasteiger partial charge < -0.3 is 14.4 Å². The van der Waals surface area contributed by atoms with E-state index in [4.69, 9.17) is 9.26 Å². The van der Waals surface area contributed by atoms with Gasteiger partial charge in [0.2, 0.25) is 0 Å². The van der Waals surface area contributed by atoms with Crippen molar-refractivity contribution in [3.05, 3.63) is 96.6 Å². The number of carbonyl (C=O) groups is 2. The maximum Gasteiger partial charge on any atom is 0.412 e. The Labute approximate surface area is 223 Å². The Hall–Kier alpha value is -5.05. The number of rotatable bonds is 7. The van der Waals surface area contributed by atoms with Crippen LogP contribution in [-0.2, 0) is 14.9 Å². The maximum atomic E-state index is 12.7. The van der Waals surface area contributed by atoms with E-state index in [0.29, 0.717) is 40.8 Å². The van der Waals surface area contributed by atoms with Crippen LogP contribution in [0.25, 0.3) is 33.4 Å². The summed E-state index contributed by atoms with van der Waals surface area (Å²) in [7, 11) is 0. The standard InChI is InChI=1S/C30H24N4O5/c1-18(19-5-3-2-4-6-19)38-29(37)34-25-16-33-39-27(25)23-12-11-22(26-24(23)15-31-17-32-26)20-7-9-21(10-8-20)30(13-14-30)28(35)36/h2-12,15-18H,13-14H2,1H3,(H,34,37)(H,35,36). The van der Waals surface area contributed by atoms with E-state index in [1.807, 2.05) is 66.7 Å². The second kappa shape index (κ2) is 9.68. The molecule has 39 heavy (non-hydrogen) atoms. The third-order valence-electron chi connectivity index (χ3n) is 7.19. The molecule has 1 saturated carbocycles. The molecule has 1 fully saturated rings. The summed E-state index contributed by atoms with van der Waals surface area (Å²) in [6.45, 7) is 1.80. The van der Waals surface area contributed by atoms with Crippen LogP contribution in [-0.4, -0.2) is 32.3 Å². The lowest BCUT2D eigenvalue weighted by Gasteiger charge is -2.14. The van der Waals surface area contributed by atoms with E-state index in [2.05, 4.69) is 20.4 Å². The minimum absolute atomic E-state index is 0.346. The monoisotopic (exact) mass is 520 g/mol. The molecule has 2 N–H and O–H groups in total. The Morgan fingerprint density at radius 3 is 2.46 bits per heavy atom. The Morgan fingerprint density at radius 2 is 1.74 bits per heavy atom. The summed E-state index contributed by atoms with van der Waals surface area (Å²) in [5.74, 6) is -0.439. The molecule has 6 rings (SSSR count). The van der Waals surface area contributed by atoms with Crippen LogP contribution in [0.4, 0.5) is 10.5 Å². The van der Waals surface area contributed by atoms with Crippen molar-refractivity contribution >= 4 is 28.7 Å². The highest BCUT2D eigenvalue weighted by Crippen LogP contribution is 2.49. The largest absolute Gasteiger partial charge is 0.481 e. The van der Waals surface area contributed by atoms with Crippen LogP contribution < -0.4 is 5.32 Å². The van der Waals surface area contributed by atoms with Crippen LogP contribution in [0.1, 0.15) is 37.0 Å². The maximum absolute atomic E-state index is 12.7. The molecular formula is C30H24N4O5. The van der Waals surface area contributed by atoms with Gasteiger partial charge >= 0.3 is 12.1 Å². The first-order valence-corrected chi connectivity index (χ1v) is 12.5. The van der Waals surface area contributed by atoms with Gasteiger partial charge in [0, 0.05) is 22.7 Å². The number of aliphatic carboxylic acids is 1. The molecule has 3 aromatic carbocycles. The van der Waals surface area contributed by atoms with Gasteiger partial charge in [0.05, 0.1) is 17.1 Å². The second-order valence-electron chi connectivity index (χ2n) is 9.56. The number of hydrogen-bond donors (Lipinski definition) is 2. The first-order chi connectivity index (χ1) is 19.0. The van der Waals surface area contributed by atoms with Crippen molar-refractivity contribution in [3.8, 4) is 22.5 Å². The Bertz CT molecular complexity index is 1680. The molecule has 194 valence electrons. The summed E-state index contributed by atoms with van der Waals surface area (Å²) in [5.41, 5.74) is 4.35. The number of amides is 1. The molecule has 1 unspecified atom stereocenters. The highest BCUT2D eigenvalue weighted by Gasteiger charge is 2.51. The van der Waals surface area contributed by atoms with Crippen LogP contribution in [0.15, 0.2) is 90.0 Å². The van der Waals surface area contributed by atoms with Crippen molar-refractivity contribution in [1.82, 2.24) is 15.1 Å². The van der Waals surface area contributed by atoms with Crippen LogP contribution in [0.2, 0.25) is 0 Å². The highest BCUT2D eigenvalue weighted by atomic mass is 16.6. The summed E-state index contributed by atoms with van der Waals surface area (Å²) < 4.78 is 11.1. The number of benzene rings is 3. The van der Waals surface area contributed by atoms with Gasteiger partial charge in [-0.05, 0) is 42.5 Å². The van der Waals surface area contributed by atoms with Crippen molar-refractivity contribution in [3.63, 3.8) is 0 Å². The Kier molecular flexibility index (Phi) is 6.03. The summed E-state index contributed by atoms with van der Waals surface area (Å²) in [6.07, 6.45) is 4.79. The molecule has 0 saturated heterocycles. The van der Waals surface area contributed by atoms with Crippen molar-refractivity contribution < 1.29 is 24.0 Å². The number of carbonyl (C=O) groups excluding carboxylic acids is 1. The fourth-order valence-corrected chi connectivity index (χ4v) is 4.84. The lowest BCUT2D eigenvalue weighted by molar-refractivity contribution is -0.140. The zero-order valence-electron chi connectivity index (χ0n) is 21.0. The molecule has 9 heteroatoms. The average molecular weight is 521 g/mol. The number of hydrogen-bond acceptors (Lipinski definition) is 7. The number of carboxylic acids is 1. The van der Waals surface area contributed by atoms with Gasteiger partial charge in [-0.1, -0.05) is 65.8 Å². The van der Waals surface area contributed by atoms with Crippen LogP contribution in [0, 0.1) is 0 Å². The molecule has 9 nitrogen and oxygen atoms in total. The smallest absolute Gasteiger partial charge is 0.412 e. The van der Waals surface area contributed by atoms with Crippen LogP contribution in [0.3, 0.4) is 0 Å². The summed E-state index contributed by atoms with van der Waals surface area (Å²) in [5, 5.41) is 16.9. The fourth-order valence-electron chi connectivity index (χ4n) is 4.84. The number of carboxylic acid groups (broad SMARTS) is 1. The molecule has 1 aliphatic carbocycles. The number of nitrogens with one attached hydrogen (secondary N) is 1. The fraction of sp³-hybridized carbons (Fsp3) is 0.167. The molecule has 0 radical (unpaired) electrons. The summed E-state index contributed by atoms with van der Waals surface area (Å²) in [4.78, 5) is 33.1. The normalized spacial score (nSPS) is 14.5. The van der Waals surface area contributed by atoms with Crippen molar-refractivity contribution in [1.29, 1.82) is 0 Å². The third-order valence-corrected chi connectivity index (χ3v) is 7.19. The quantitative estimate of drug-likeness (QED) is 0.253. The molecule has 0 aliphatic heterocycles. The zero-order valence-corrected chi connectivity index (χ0v) is 21.0. The van der Waals surface area contributed by atoms with E-state index in [-0.39, 0.29) is 0 Å².